The molecule has 29 heavy (non-hydrogen) atoms. The molecule has 2 rings (SSSR count). The van der Waals surface area contributed by atoms with Gasteiger partial charge in [0.15, 0.2) is 5.96 Å². The van der Waals surface area contributed by atoms with Gasteiger partial charge in [0.1, 0.15) is 0 Å². The van der Waals surface area contributed by atoms with Gasteiger partial charge in [0.25, 0.3) is 0 Å². The zero-order chi connectivity index (χ0) is 20.6. The van der Waals surface area contributed by atoms with Gasteiger partial charge in [0, 0.05) is 33.7 Å². The Hall–Kier alpha value is -1.35. The Morgan fingerprint density at radius 2 is 1.62 bits per heavy atom. The third-order valence-electron chi connectivity index (χ3n) is 5.30. The molecule has 0 spiro atoms. The van der Waals surface area contributed by atoms with Gasteiger partial charge in [-0.2, -0.15) is 0 Å². The van der Waals surface area contributed by atoms with Crippen LogP contribution in [0.1, 0.15) is 43.7 Å². The van der Waals surface area contributed by atoms with E-state index in [1.807, 2.05) is 14.1 Å². The summed E-state index contributed by atoms with van der Waals surface area (Å²) in [5.41, 5.74) is 2.18. The van der Waals surface area contributed by atoms with Crippen LogP contribution in [0.3, 0.4) is 0 Å². The lowest BCUT2D eigenvalue weighted by molar-refractivity contribution is -0.138. The largest absolute Gasteiger partial charge is 0.357 e. The Kier molecular flexibility index (Phi) is 11.0. The average molecular weight is 515 g/mol. The highest BCUT2D eigenvalue weighted by atomic mass is 127. The quantitative estimate of drug-likeness (QED) is 0.318. The van der Waals surface area contributed by atoms with Crippen LogP contribution in [0.25, 0.3) is 0 Å². The van der Waals surface area contributed by atoms with Crippen molar-refractivity contribution in [3.63, 3.8) is 0 Å². The number of hydrogen-bond donors (Lipinski definition) is 2. The maximum Gasteiger partial charge on any atom is 0.230 e. The molecule has 0 aromatic heterocycles. The molecule has 0 unspecified atom stereocenters. The van der Waals surface area contributed by atoms with Gasteiger partial charge in [0.2, 0.25) is 5.91 Å². The van der Waals surface area contributed by atoms with Gasteiger partial charge in [-0.15, -0.1) is 24.0 Å². The van der Waals surface area contributed by atoms with Crippen LogP contribution in [0.4, 0.5) is 0 Å². The van der Waals surface area contributed by atoms with Crippen molar-refractivity contribution in [2.75, 3.05) is 41.3 Å². The van der Waals surface area contributed by atoms with E-state index >= 15 is 0 Å². The molecule has 1 aromatic rings. The van der Waals surface area contributed by atoms with Crippen molar-refractivity contribution >= 4 is 35.8 Å². The Balaban J connectivity index is 0.00000420. The Morgan fingerprint density at radius 1 is 1.03 bits per heavy atom. The van der Waals surface area contributed by atoms with Crippen molar-refractivity contribution in [3.05, 3.63) is 35.4 Å². The van der Waals surface area contributed by atoms with Gasteiger partial charge in [-0.1, -0.05) is 37.1 Å². The number of hydrogen-bond acceptors (Lipinski definition) is 3. The SMILES string of the molecule is CCNC(=NCc1ccc(CN(C)C)cc1)NCC1(C(=O)N(C)C)CCCC1.I. The van der Waals surface area contributed by atoms with Gasteiger partial charge in [-0.05, 0) is 45.0 Å². The lowest BCUT2D eigenvalue weighted by Gasteiger charge is -2.31. The normalized spacial score (nSPS) is 15.7. The summed E-state index contributed by atoms with van der Waals surface area (Å²) in [6.07, 6.45) is 4.13. The van der Waals surface area contributed by atoms with Crippen LogP contribution in [-0.2, 0) is 17.9 Å². The molecule has 6 nitrogen and oxygen atoms in total. The van der Waals surface area contributed by atoms with E-state index in [-0.39, 0.29) is 35.3 Å². The van der Waals surface area contributed by atoms with E-state index in [1.54, 1.807) is 4.90 Å². The van der Waals surface area contributed by atoms with Crippen LogP contribution in [0.5, 0.6) is 0 Å². The van der Waals surface area contributed by atoms with Crippen molar-refractivity contribution in [2.24, 2.45) is 10.4 Å². The molecule has 0 radical (unpaired) electrons. The number of carbonyl (C=O) groups excluding carboxylic acids is 1. The summed E-state index contributed by atoms with van der Waals surface area (Å²) in [5.74, 6) is 1.00. The van der Waals surface area contributed by atoms with E-state index in [0.29, 0.717) is 13.1 Å². The molecule has 1 aromatic carbocycles. The first-order chi connectivity index (χ1) is 13.4. The number of aliphatic imine (C=N–C) groups is 1. The van der Waals surface area contributed by atoms with Crippen LogP contribution in [0.2, 0.25) is 0 Å². The van der Waals surface area contributed by atoms with Crippen LogP contribution in [0.15, 0.2) is 29.3 Å². The summed E-state index contributed by atoms with van der Waals surface area (Å²) >= 11 is 0. The molecule has 1 aliphatic carbocycles. The number of nitrogens with one attached hydrogen (secondary N) is 2. The molecule has 7 heteroatoms. The first-order valence-corrected chi connectivity index (χ1v) is 10.3. The van der Waals surface area contributed by atoms with E-state index < -0.39 is 0 Å². The second kappa shape index (κ2) is 12.4. The molecular weight excluding hydrogens is 477 g/mol. The van der Waals surface area contributed by atoms with Gasteiger partial charge in [0.05, 0.1) is 12.0 Å². The zero-order valence-corrected chi connectivity index (χ0v) is 21.0. The lowest BCUT2D eigenvalue weighted by Crippen LogP contribution is -2.49. The summed E-state index contributed by atoms with van der Waals surface area (Å²) in [6, 6.07) is 8.60. The molecule has 164 valence electrons. The summed E-state index contributed by atoms with van der Waals surface area (Å²) < 4.78 is 0. The maximum absolute atomic E-state index is 12.7. The highest BCUT2D eigenvalue weighted by Crippen LogP contribution is 2.38. The summed E-state index contributed by atoms with van der Waals surface area (Å²) in [6.45, 7) is 5.05. The summed E-state index contributed by atoms with van der Waals surface area (Å²) in [5, 5.41) is 6.74. The monoisotopic (exact) mass is 515 g/mol. The number of guanidine groups is 1. The van der Waals surface area contributed by atoms with Crippen molar-refractivity contribution in [1.82, 2.24) is 20.4 Å². The van der Waals surface area contributed by atoms with Crippen molar-refractivity contribution < 1.29 is 4.79 Å². The highest BCUT2D eigenvalue weighted by molar-refractivity contribution is 14.0. The van der Waals surface area contributed by atoms with Crippen LogP contribution < -0.4 is 10.6 Å². The smallest absolute Gasteiger partial charge is 0.230 e. The Labute approximate surface area is 193 Å². The van der Waals surface area contributed by atoms with E-state index in [1.165, 1.54) is 11.1 Å². The van der Waals surface area contributed by atoms with Gasteiger partial charge >= 0.3 is 0 Å². The number of amides is 1. The average Bonchev–Trinajstić information content (AvgIpc) is 3.14. The first kappa shape index (κ1) is 25.7. The first-order valence-electron chi connectivity index (χ1n) is 10.3. The second-order valence-electron chi connectivity index (χ2n) is 8.29. The Bertz CT molecular complexity index is 652. The highest BCUT2D eigenvalue weighted by Gasteiger charge is 2.42. The predicted molar refractivity (Wildman–Crippen MR) is 132 cm³/mol. The summed E-state index contributed by atoms with van der Waals surface area (Å²) in [7, 11) is 7.85. The number of benzene rings is 1. The fourth-order valence-electron chi connectivity index (χ4n) is 3.87. The molecule has 1 fully saturated rings. The summed E-state index contributed by atoms with van der Waals surface area (Å²) in [4.78, 5) is 21.4. The van der Waals surface area contributed by atoms with E-state index in [2.05, 4.69) is 60.8 Å². The topological polar surface area (TPSA) is 60.0 Å². The number of rotatable bonds is 8. The molecule has 1 amide bonds. The number of halogens is 1. The molecule has 0 aliphatic heterocycles. The van der Waals surface area contributed by atoms with E-state index in [4.69, 9.17) is 4.99 Å². The molecule has 0 bridgehead atoms. The van der Waals surface area contributed by atoms with Crippen molar-refractivity contribution in [2.45, 2.75) is 45.7 Å². The van der Waals surface area contributed by atoms with Crippen LogP contribution in [0, 0.1) is 5.41 Å². The van der Waals surface area contributed by atoms with Gasteiger partial charge in [-0.3, -0.25) is 4.79 Å². The minimum Gasteiger partial charge on any atom is -0.357 e. The minimum atomic E-state index is -0.298. The van der Waals surface area contributed by atoms with Crippen molar-refractivity contribution in [3.8, 4) is 0 Å². The molecule has 0 heterocycles. The fraction of sp³-hybridized carbons (Fsp3) is 0.636. The fourth-order valence-corrected chi connectivity index (χ4v) is 3.87. The molecule has 0 saturated heterocycles. The minimum absolute atomic E-state index is 0. The van der Waals surface area contributed by atoms with Crippen LogP contribution >= 0.6 is 24.0 Å². The number of carbonyl (C=O) groups is 1. The maximum atomic E-state index is 12.7. The standard InChI is InChI=1S/C22H37N5O.HI/c1-6-23-21(24-15-18-9-11-19(12-10-18)16-26(2)3)25-17-22(13-7-8-14-22)20(28)27(4)5;/h9-12H,6-8,13-17H2,1-5H3,(H2,23,24,25);1H. The Morgan fingerprint density at radius 3 is 2.14 bits per heavy atom. The van der Waals surface area contributed by atoms with E-state index in [9.17, 15) is 4.79 Å². The molecular formula is C22H38IN5O. The number of nitrogens with zero attached hydrogens (tertiary/aromatic N) is 3. The zero-order valence-electron chi connectivity index (χ0n) is 18.6. The lowest BCUT2D eigenvalue weighted by atomic mass is 9.84. The molecule has 1 aliphatic rings. The second-order valence-corrected chi connectivity index (χ2v) is 8.29. The van der Waals surface area contributed by atoms with Crippen molar-refractivity contribution in [1.29, 1.82) is 0 Å². The third-order valence-corrected chi connectivity index (χ3v) is 5.30. The molecule has 2 N–H and O–H groups in total. The molecule has 1 saturated carbocycles. The third kappa shape index (κ3) is 7.77. The van der Waals surface area contributed by atoms with Crippen LogP contribution in [-0.4, -0.2) is 62.9 Å². The van der Waals surface area contributed by atoms with Gasteiger partial charge < -0.3 is 20.4 Å². The predicted octanol–water partition coefficient (Wildman–Crippen LogP) is 3.07. The molecule has 0 atom stereocenters. The van der Waals surface area contributed by atoms with E-state index in [0.717, 1.165) is 44.7 Å². The van der Waals surface area contributed by atoms with Gasteiger partial charge in [-0.25, -0.2) is 4.99 Å².